The van der Waals surface area contributed by atoms with Crippen LogP contribution in [0.5, 0.6) is 0 Å². The lowest BCUT2D eigenvalue weighted by Crippen LogP contribution is -2.27. The van der Waals surface area contributed by atoms with Gasteiger partial charge in [0, 0.05) is 17.4 Å². The Morgan fingerprint density at radius 2 is 2.14 bits per heavy atom. The van der Waals surface area contributed by atoms with Gasteiger partial charge in [-0.3, -0.25) is 4.79 Å². The number of hydrogen-bond acceptors (Lipinski definition) is 1. The number of halogens is 1. The van der Waals surface area contributed by atoms with Gasteiger partial charge in [0.05, 0.1) is 0 Å². The van der Waals surface area contributed by atoms with Crippen molar-refractivity contribution in [2.24, 2.45) is 5.92 Å². The summed E-state index contributed by atoms with van der Waals surface area (Å²) in [4.78, 5) is 11.4. The Labute approximate surface area is 91.8 Å². The number of fused-ring (bicyclic) bond motifs is 1. The van der Waals surface area contributed by atoms with E-state index in [2.05, 4.69) is 33.4 Å². The molecule has 0 aromatic heterocycles. The summed E-state index contributed by atoms with van der Waals surface area (Å²) in [5, 5.41) is 2.71. The third-order valence-corrected chi connectivity index (χ3v) is 3.21. The van der Waals surface area contributed by atoms with Crippen LogP contribution in [0.25, 0.3) is 0 Å². The summed E-state index contributed by atoms with van der Waals surface area (Å²) in [5.74, 6) is 0.279. The predicted octanol–water partition coefficient (Wildman–Crippen LogP) is 1.91. The zero-order valence-corrected chi connectivity index (χ0v) is 9.60. The van der Waals surface area contributed by atoms with Crippen molar-refractivity contribution < 1.29 is 4.79 Å². The molecule has 0 radical (unpaired) electrons. The highest BCUT2D eigenvalue weighted by atomic mass is 79.9. The molecule has 0 aliphatic heterocycles. The van der Waals surface area contributed by atoms with E-state index < -0.39 is 0 Å². The van der Waals surface area contributed by atoms with Crippen LogP contribution in [-0.2, 0) is 17.6 Å². The Morgan fingerprint density at radius 3 is 2.86 bits per heavy atom. The van der Waals surface area contributed by atoms with Gasteiger partial charge in [-0.25, -0.2) is 0 Å². The lowest BCUT2D eigenvalue weighted by Gasteiger charge is -2.05. The molecule has 1 aromatic rings. The van der Waals surface area contributed by atoms with E-state index >= 15 is 0 Å². The van der Waals surface area contributed by atoms with Crippen LogP contribution in [-0.4, -0.2) is 13.0 Å². The van der Waals surface area contributed by atoms with E-state index in [1.165, 1.54) is 11.1 Å². The van der Waals surface area contributed by atoms with Crippen LogP contribution >= 0.6 is 15.9 Å². The maximum absolute atomic E-state index is 11.4. The van der Waals surface area contributed by atoms with Gasteiger partial charge >= 0.3 is 0 Å². The zero-order chi connectivity index (χ0) is 10.1. The van der Waals surface area contributed by atoms with Crippen LogP contribution in [0.3, 0.4) is 0 Å². The highest BCUT2D eigenvalue weighted by Gasteiger charge is 2.26. The molecule has 0 saturated carbocycles. The van der Waals surface area contributed by atoms with Crippen LogP contribution in [0.15, 0.2) is 22.7 Å². The molecular weight excluding hydrogens is 242 g/mol. The Hall–Kier alpha value is -0.830. The zero-order valence-electron chi connectivity index (χ0n) is 8.01. The number of nitrogens with one attached hydrogen (secondary N) is 1. The summed E-state index contributed by atoms with van der Waals surface area (Å²) >= 11 is 3.44. The quantitative estimate of drug-likeness (QED) is 0.814. The SMILES string of the molecule is CNC(=O)C1Cc2ccc(Br)cc2C1. The molecule has 3 heteroatoms. The van der Waals surface area contributed by atoms with Gasteiger partial charge < -0.3 is 5.32 Å². The average molecular weight is 254 g/mol. The molecule has 1 aromatic carbocycles. The van der Waals surface area contributed by atoms with Crippen LogP contribution in [0.2, 0.25) is 0 Å². The van der Waals surface area contributed by atoms with E-state index in [9.17, 15) is 4.79 Å². The number of rotatable bonds is 1. The molecule has 1 atom stereocenters. The van der Waals surface area contributed by atoms with Crippen molar-refractivity contribution in [3.05, 3.63) is 33.8 Å². The molecule has 0 saturated heterocycles. The van der Waals surface area contributed by atoms with Crippen molar-refractivity contribution in [2.45, 2.75) is 12.8 Å². The van der Waals surface area contributed by atoms with E-state index in [-0.39, 0.29) is 11.8 Å². The molecule has 0 fully saturated rings. The molecule has 1 amide bonds. The summed E-state index contributed by atoms with van der Waals surface area (Å²) in [6.07, 6.45) is 1.75. The fourth-order valence-electron chi connectivity index (χ4n) is 1.98. The molecule has 14 heavy (non-hydrogen) atoms. The smallest absolute Gasteiger partial charge is 0.223 e. The Balaban J connectivity index is 2.22. The van der Waals surface area contributed by atoms with Gasteiger partial charge in [0.2, 0.25) is 5.91 Å². The number of benzene rings is 1. The minimum atomic E-state index is 0.129. The molecule has 1 unspecified atom stereocenters. The first-order chi connectivity index (χ1) is 6.70. The first-order valence-electron chi connectivity index (χ1n) is 4.69. The summed E-state index contributed by atoms with van der Waals surface area (Å²) in [7, 11) is 1.70. The van der Waals surface area contributed by atoms with Crippen molar-refractivity contribution in [1.29, 1.82) is 0 Å². The molecule has 1 aliphatic carbocycles. The second-order valence-electron chi connectivity index (χ2n) is 3.63. The van der Waals surface area contributed by atoms with Gasteiger partial charge in [0.25, 0.3) is 0 Å². The Kier molecular flexibility index (Phi) is 2.59. The topological polar surface area (TPSA) is 29.1 Å². The number of amides is 1. The van der Waals surface area contributed by atoms with Crippen molar-refractivity contribution in [1.82, 2.24) is 5.32 Å². The van der Waals surface area contributed by atoms with E-state index in [1.54, 1.807) is 7.05 Å². The lowest BCUT2D eigenvalue weighted by atomic mass is 10.1. The molecule has 1 aliphatic rings. The van der Waals surface area contributed by atoms with Gasteiger partial charge in [-0.1, -0.05) is 22.0 Å². The van der Waals surface area contributed by atoms with Crippen molar-refractivity contribution in [3.8, 4) is 0 Å². The molecule has 2 rings (SSSR count). The van der Waals surface area contributed by atoms with E-state index in [1.807, 2.05) is 6.07 Å². The first-order valence-corrected chi connectivity index (χ1v) is 5.49. The largest absolute Gasteiger partial charge is 0.359 e. The summed E-state index contributed by atoms with van der Waals surface area (Å²) in [5.41, 5.74) is 2.61. The van der Waals surface area contributed by atoms with Gasteiger partial charge in [-0.2, -0.15) is 0 Å². The fraction of sp³-hybridized carbons (Fsp3) is 0.364. The number of carbonyl (C=O) groups is 1. The normalized spacial score (nSPS) is 19.1. The Morgan fingerprint density at radius 1 is 1.43 bits per heavy atom. The molecule has 0 bridgehead atoms. The number of carbonyl (C=O) groups excluding carboxylic acids is 1. The highest BCUT2D eigenvalue weighted by molar-refractivity contribution is 9.10. The lowest BCUT2D eigenvalue weighted by molar-refractivity contribution is -0.124. The second kappa shape index (κ2) is 3.73. The predicted molar refractivity (Wildman–Crippen MR) is 59.1 cm³/mol. The molecule has 74 valence electrons. The van der Waals surface area contributed by atoms with E-state index in [0.29, 0.717) is 0 Å². The van der Waals surface area contributed by atoms with Gasteiger partial charge in [-0.05, 0) is 36.1 Å². The van der Waals surface area contributed by atoms with Crippen LogP contribution < -0.4 is 5.32 Å². The Bertz CT molecular complexity index is 376. The van der Waals surface area contributed by atoms with Crippen molar-refractivity contribution in [3.63, 3.8) is 0 Å². The molecule has 0 heterocycles. The standard InChI is InChI=1S/C11H12BrNO/c1-13-11(14)9-4-7-2-3-10(12)6-8(7)5-9/h2-3,6,9H,4-5H2,1H3,(H,13,14). The van der Waals surface area contributed by atoms with E-state index in [0.717, 1.165) is 17.3 Å². The minimum absolute atomic E-state index is 0.129. The maximum Gasteiger partial charge on any atom is 0.223 e. The fourth-order valence-corrected chi connectivity index (χ4v) is 2.38. The summed E-state index contributed by atoms with van der Waals surface area (Å²) in [6, 6.07) is 6.24. The van der Waals surface area contributed by atoms with Crippen LogP contribution in [0, 0.1) is 5.92 Å². The summed E-state index contributed by atoms with van der Waals surface area (Å²) < 4.78 is 1.09. The van der Waals surface area contributed by atoms with Gasteiger partial charge in [0.15, 0.2) is 0 Å². The van der Waals surface area contributed by atoms with Gasteiger partial charge in [-0.15, -0.1) is 0 Å². The third kappa shape index (κ3) is 1.69. The minimum Gasteiger partial charge on any atom is -0.359 e. The van der Waals surface area contributed by atoms with Gasteiger partial charge in [0.1, 0.15) is 0 Å². The van der Waals surface area contributed by atoms with Crippen molar-refractivity contribution >= 4 is 21.8 Å². The third-order valence-electron chi connectivity index (χ3n) is 2.72. The number of hydrogen-bond donors (Lipinski definition) is 1. The average Bonchev–Trinajstić information content (AvgIpc) is 2.59. The molecule has 1 N–H and O–H groups in total. The maximum atomic E-state index is 11.4. The highest BCUT2D eigenvalue weighted by Crippen LogP contribution is 2.29. The van der Waals surface area contributed by atoms with Crippen LogP contribution in [0.1, 0.15) is 11.1 Å². The molecule has 2 nitrogen and oxygen atoms in total. The monoisotopic (exact) mass is 253 g/mol. The molecular formula is C11H12BrNO. The second-order valence-corrected chi connectivity index (χ2v) is 4.55. The van der Waals surface area contributed by atoms with Crippen LogP contribution in [0.4, 0.5) is 0 Å². The van der Waals surface area contributed by atoms with E-state index in [4.69, 9.17) is 0 Å². The van der Waals surface area contributed by atoms with Crippen molar-refractivity contribution in [2.75, 3.05) is 7.05 Å². The molecule has 0 spiro atoms. The first kappa shape index (κ1) is 9.71. The summed E-state index contributed by atoms with van der Waals surface area (Å²) in [6.45, 7) is 0.